The van der Waals surface area contributed by atoms with Crippen molar-refractivity contribution in [2.75, 3.05) is 6.54 Å². The zero-order chi connectivity index (χ0) is 16.7. The lowest BCUT2D eigenvalue weighted by molar-refractivity contribution is -0.137. The zero-order valence-electron chi connectivity index (χ0n) is 13.1. The van der Waals surface area contributed by atoms with E-state index in [9.17, 15) is 9.59 Å². The number of carboxylic acid groups (broad SMARTS) is 1. The second-order valence-corrected chi connectivity index (χ2v) is 6.36. The van der Waals surface area contributed by atoms with Crippen LogP contribution in [0.5, 0.6) is 0 Å². The van der Waals surface area contributed by atoms with Crippen LogP contribution in [0.3, 0.4) is 0 Å². The molecule has 23 heavy (non-hydrogen) atoms. The number of carboxylic acids is 1. The second kappa shape index (κ2) is 8.47. The highest BCUT2D eigenvalue weighted by atomic mass is 32.1. The fourth-order valence-electron chi connectivity index (χ4n) is 2.42. The summed E-state index contributed by atoms with van der Waals surface area (Å²) in [5.74, 6) is -0.294. The molecule has 2 rings (SSSR count). The summed E-state index contributed by atoms with van der Waals surface area (Å²) in [5, 5.41) is 13.8. The number of aromatic nitrogens is 2. The molecule has 0 bridgehead atoms. The Morgan fingerprint density at radius 2 is 2.26 bits per heavy atom. The molecule has 1 amide bonds. The summed E-state index contributed by atoms with van der Waals surface area (Å²) in [7, 11) is 0. The number of thiophene rings is 1. The fraction of sp³-hybridized carbons (Fsp3) is 0.438. The van der Waals surface area contributed by atoms with Gasteiger partial charge in [0.05, 0.1) is 6.42 Å². The van der Waals surface area contributed by atoms with Gasteiger partial charge >= 0.3 is 5.97 Å². The summed E-state index contributed by atoms with van der Waals surface area (Å²) in [6.07, 6.45) is 4.66. The maximum absolute atomic E-state index is 12.0. The van der Waals surface area contributed by atoms with Crippen molar-refractivity contribution in [3.05, 3.63) is 40.6 Å². The van der Waals surface area contributed by atoms with Gasteiger partial charge in [0.1, 0.15) is 5.82 Å². The lowest BCUT2D eigenvalue weighted by Crippen LogP contribution is -2.27. The third-order valence-electron chi connectivity index (χ3n) is 3.62. The molecule has 0 saturated carbocycles. The minimum absolute atomic E-state index is 0.0256. The van der Waals surface area contributed by atoms with Crippen molar-refractivity contribution in [1.82, 2.24) is 14.9 Å². The lowest BCUT2D eigenvalue weighted by atomic mass is 9.99. The highest BCUT2D eigenvalue weighted by molar-refractivity contribution is 7.10. The Morgan fingerprint density at radius 3 is 2.87 bits per heavy atom. The Balaban J connectivity index is 1.75. The van der Waals surface area contributed by atoms with Gasteiger partial charge < -0.3 is 15.0 Å². The van der Waals surface area contributed by atoms with E-state index in [1.165, 1.54) is 11.3 Å². The van der Waals surface area contributed by atoms with Crippen LogP contribution in [0.25, 0.3) is 0 Å². The van der Waals surface area contributed by atoms with Gasteiger partial charge in [-0.2, -0.15) is 0 Å². The SMILES string of the molecule is Cc1nccn1CCCNC(=O)CC(CC(=O)O)c1cccs1. The third-order valence-corrected chi connectivity index (χ3v) is 4.65. The van der Waals surface area contributed by atoms with Crippen molar-refractivity contribution in [2.24, 2.45) is 0 Å². The van der Waals surface area contributed by atoms with Crippen molar-refractivity contribution in [3.8, 4) is 0 Å². The van der Waals surface area contributed by atoms with Gasteiger partial charge in [0, 0.05) is 42.7 Å². The van der Waals surface area contributed by atoms with Gasteiger partial charge in [0.15, 0.2) is 0 Å². The topological polar surface area (TPSA) is 84.2 Å². The molecule has 0 aliphatic heterocycles. The Morgan fingerprint density at radius 1 is 1.43 bits per heavy atom. The van der Waals surface area contributed by atoms with Crippen molar-refractivity contribution < 1.29 is 14.7 Å². The van der Waals surface area contributed by atoms with E-state index in [-0.39, 0.29) is 24.7 Å². The maximum Gasteiger partial charge on any atom is 0.304 e. The Kier molecular flexibility index (Phi) is 6.34. The van der Waals surface area contributed by atoms with Crippen molar-refractivity contribution in [1.29, 1.82) is 0 Å². The molecule has 2 aromatic heterocycles. The van der Waals surface area contributed by atoms with Gasteiger partial charge in [-0.15, -0.1) is 11.3 Å². The van der Waals surface area contributed by atoms with Crippen LogP contribution < -0.4 is 5.32 Å². The monoisotopic (exact) mass is 335 g/mol. The number of nitrogens with one attached hydrogen (secondary N) is 1. The molecular weight excluding hydrogens is 314 g/mol. The van der Waals surface area contributed by atoms with Crippen LogP contribution in [0.1, 0.15) is 35.9 Å². The van der Waals surface area contributed by atoms with E-state index in [1.807, 2.05) is 35.2 Å². The molecule has 0 fully saturated rings. The van der Waals surface area contributed by atoms with E-state index in [0.717, 1.165) is 23.7 Å². The Bertz CT molecular complexity index is 637. The number of imidazole rings is 1. The molecule has 1 unspecified atom stereocenters. The van der Waals surface area contributed by atoms with E-state index < -0.39 is 5.97 Å². The average Bonchev–Trinajstić information content (AvgIpc) is 3.14. The van der Waals surface area contributed by atoms with Gasteiger partial charge in [-0.05, 0) is 24.8 Å². The summed E-state index contributed by atoms with van der Waals surface area (Å²) in [6.45, 7) is 3.31. The number of aliphatic carboxylic acids is 1. The minimum Gasteiger partial charge on any atom is -0.481 e. The van der Waals surface area contributed by atoms with Crippen LogP contribution in [-0.4, -0.2) is 33.1 Å². The molecule has 2 heterocycles. The summed E-state index contributed by atoms with van der Waals surface area (Å²) in [4.78, 5) is 28.1. The predicted molar refractivity (Wildman–Crippen MR) is 88.5 cm³/mol. The molecule has 0 radical (unpaired) electrons. The van der Waals surface area contributed by atoms with E-state index in [4.69, 9.17) is 5.11 Å². The predicted octanol–water partition coefficient (Wildman–Crippen LogP) is 2.41. The molecule has 1 atom stereocenters. The molecule has 124 valence electrons. The molecule has 6 nitrogen and oxygen atoms in total. The number of nitrogens with zero attached hydrogens (tertiary/aromatic N) is 2. The number of hydrogen-bond donors (Lipinski definition) is 2. The summed E-state index contributed by atoms with van der Waals surface area (Å²) in [5.41, 5.74) is 0. The number of amides is 1. The standard InChI is InChI=1S/C16H21N3O3S/c1-12-17-6-8-19(12)7-3-5-18-15(20)10-13(11-16(21)22)14-4-2-9-23-14/h2,4,6,8-9,13H,3,5,7,10-11H2,1H3,(H,18,20)(H,21,22). The molecular formula is C16H21N3O3S. The van der Waals surface area contributed by atoms with Crippen molar-refractivity contribution >= 4 is 23.2 Å². The molecule has 0 saturated heterocycles. The lowest BCUT2D eigenvalue weighted by Gasteiger charge is -2.13. The molecule has 2 aromatic rings. The van der Waals surface area contributed by atoms with Crippen LogP contribution >= 0.6 is 11.3 Å². The first-order chi connectivity index (χ1) is 11.1. The summed E-state index contributed by atoms with van der Waals surface area (Å²) in [6, 6.07) is 3.76. The smallest absolute Gasteiger partial charge is 0.304 e. The number of hydrogen-bond acceptors (Lipinski definition) is 4. The van der Waals surface area contributed by atoms with Gasteiger partial charge in [0.2, 0.25) is 5.91 Å². The molecule has 0 aliphatic carbocycles. The minimum atomic E-state index is -0.883. The first-order valence-electron chi connectivity index (χ1n) is 7.56. The maximum atomic E-state index is 12.0. The van der Waals surface area contributed by atoms with E-state index in [2.05, 4.69) is 10.3 Å². The molecule has 0 spiro atoms. The van der Waals surface area contributed by atoms with Crippen LogP contribution in [-0.2, 0) is 16.1 Å². The largest absolute Gasteiger partial charge is 0.481 e. The fourth-order valence-corrected chi connectivity index (χ4v) is 3.25. The van der Waals surface area contributed by atoms with Gasteiger partial charge in [-0.25, -0.2) is 4.98 Å². The Hall–Kier alpha value is -2.15. The molecule has 7 heteroatoms. The highest BCUT2D eigenvalue weighted by Crippen LogP contribution is 2.27. The van der Waals surface area contributed by atoms with E-state index in [1.54, 1.807) is 6.20 Å². The van der Waals surface area contributed by atoms with Crippen molar-refractivity contribution in [2.45, 2.75) is 38.6 Å². The molecule has 0 aromatic carbocycles. The Labute approximate surface area is 139 Å². The molecule has 2 N–H and O–H groups in total. The van der Waals surface area contributed by atoms with Crippen LogP contribution in [0.4, 0.5) is 0 Å². The number of carbonyl (C=O) groups excluding carboxylic acids is 1. The van der Waals surface area contributed by atoms with Gasteiger partial charge in [0.25, 0.3) is 0 Å². The second-order valence-electron chi connectivity index (χ2n) is 5.39. The average molecular weight is 335 g/mol. The number of aryl methyl sites for hydroxylation is 2. The first-order valence-corrected chi connectivity index (χ1v) is 8.44. The van der Waals surface area contributed by atoms with Crippen LogP contribution in [0.15, 0.2) is 29.9 Å². The van der Waals surface area contributed by atoms with Crippen LogP contribution in [0, 0.1) is 6.92 Å². The number of rotatable bonds is 9. The first kappa shape index (κ1) is 17.2. The molecule has 0 aliphatic rings. The summed E-state index contributed by atoms with van der Waals surface area (Å²) >= 11 is 1.49. The number of carbonyl (C=O) groups is 2. The highest BCUT2D eigenvalue weighted by Gasteiger charge is 2.20. The summed E-state index contributed by atoms with van der Waals surface area (Å²) < 4.78 is 2.03. The quantitative estimate of drug-likeness (QED) is 0.689. The van der Waals surface area contributed by atoms with Crippen LogP contribution in [0.2, 0.25) is 0 Å². The van der Waals surface area contributed by atoms with Crippen molar-refractivity contribution in [3.63, 3.8) is 0 Å². The van der Waals surface area contributed by atoms with Gasteiger partial charge in [-0.3, -0.25) is 9.59 Å². The van der Waals surface area contributed by atoms with E-state index in [0.29, 0.717) is 6.54 Å². The zero-order valence-corrected chi connectivity index (χ0v) is 13.9. The van der Waals surface area contributed by atoms with E-state index >= 15 is 0 Å². The normalized spacial score (nSPS) is 12.0. The van der Waals surface area contributed by atoms with Gasteiger partial charge in [-0.1, -0.05) is 6.07 Å². The third kappa shape index (κ3) is 5.52.